The summed E-state index contributed by atoms with van der Waals surface area (Å²) in [6.45, 7) is 3.62. The second-order valence-electron chi connectivity index (χ2n) is 7.78. The van der Waals surface area contributed by atoms with Gasteiger partial charge in [-0.2, -0.15) is 0 Å². The van der Waals surface area contributed by atoms with Crippen LogP contribution in [-0.2, 0) is 11.3 Å². The molecule has 6 heteroatoms. The van der Waals surface area contributed by atoms with Gasteiger partial charge in [0.2, 0.25) is 5.79 Å². The third-order valence-corrected chi connectivity index (χ3v) is 5.98. The summed E-state index contributed by atoms with van der Waals surface area (Å²) in [6.07, 6.45) is 3.09. The number of nitrogens with zero attached hydrogens (tertiary/aromatic N) is 2. The molecule has 2 aliphatic rings. The van der Waals surface area contributed by atoms with Crippen molar-refractivity contribution in [3.8, 4) is 16.9 Å². The zero-order valence-electron chi connectivity index (χ0n) is 16.4. The zero-order valence-corrected chi connectivity index (χ0v) is 16.4. The van der Waals surface area contributed by atoms with Gasteiger partial charge in [0, 0.05) is 48.8 Å². The van der Waals surface area contributed by atoms with Gasteiger partial charge in [-0.3, -0.25) is 4.98 Å². The van der Waals surface area contributed by atoms with Crippen LogP contribution in [0.5, 0.6) is 5.75 Å². The fraction of sp³-hybridized carbons (Fsp3) is 0.304. The molecule has 1 saturated heterocycles. The van der Waals surface area contributed by atoms with Crippen molar-refractivity contribution in [3.63, 3.8) is 0 Å². The number of nitrogens with two attached hydrogens (primary N) is 1. The molecule has 2 amide bonds. The minimum Gasteiger partial charge on any atom is -0.462 e. The highest BCUT2D eigenvalue weighted by Gasteiger charge is 2.41. The molecule has 1 fully saturated rings. The van der Waals surface area contributed by atoms with Gasteiger partial charge in [0.15, 0.2) is 0 Å². The fourth-order valence-electron chi connectivity index (χ4n) is 4.23. The number of aryl methyl sites for hydroxylation is 1. The van der Waals surface area contributed by atoms with E-state index in [1.807, 2.05) is 25.3 Å². The van der Waals surface area contributed by atoms with E-state index in [1.165, 1.54) is 10.8 Å². The first kappa shape index (κ1) is 17.9. The number of rotatable bonds is 1. The molecule has 2 N–H and O–H groups in total. The number of aromatic nitrogens is 1. The maximum atomic E-state index is 11.4. The fourth-order valence-corrected chi connectivity index (χ4v) is 4.23. The van der Waals surface area contributed by atoms with Crippen LogP contribution in [0.4, 0.5) is 4.79 Å². The average Bonchev–Trinajstić information content (AvgIpc) is 2.74. The molecule has 2 aliphatic heterocycles. The predicted octanol–water partition coefficient (Wildman–Crippen LogP) is 3.99. The van der Waals surface area contributed by atoms with E-state index < -0.39 is 5.79 Å². The Kier molecular flexibility index (Phi) is 4.17. The number of hydrogen-bond donors (Lipinski definition) is 1. The normalized spacial score (nSPS) is 17.8. The molecule has 3 aromatic rings. The van der Waals surface area contributed by atoms with Crippen molar-refractivity contribution in [3.05, 3.63) is 59.9 Å². The molecule has 2 aromatic carbocycles. The van der Waals surface area contributed by atoms with Gasteiger partial charge in [-0.25, -0.2) is 4.79 Å². The molecule has 5 rings (SSSR count). The molecule has 29 heavy (non-hydrogen) atoms. The van der Waals surface area contributed by atoms with Crippen molar-refractivity contribution in [2.24, 2.45) is 5.73 Å². The highest BCUT2D eigenvalue weighted by molar-refractivity contribution is 5.88. The molecular formula is C23H23N3O3. The molecule has 0 unspecified atom stereocenters. The van der Waals surface area contributed by atoms with Crippen LogP contribution in [0.2, 0.25) is 0 Å². The summed E-state index contributed by atoms with van der Waals surface area (Å²) < 4.78 is 12.4. The summed E-state index contributed by atoms with van der Waals surface area (Å²) in [6, 6.07) is 14.3. The number of urea groups is 1. The van der Waals surface area contributed by atoms with Crippen molar-refractivity contribution in [1.29, 1.82) is 0 Å². The summed E-state index contributed by atoms with van der Waals surface area (Å²) in [5, 5.41) is 2.35. The molecule has 0 atom stereocenters. The second-order valence-corrected chi connectivity index (χ2v) is 7.78. The van der Waals surface area contributed by atoms with Gasteiger partial charge in [0.05, 0.1) is 6.61 Å². The van der Waals surface area contributed by atoms with E-state index in [0.29, 0.717) is 32.5 Å². The molecule has 0 radical (unpaired) electrons. The summed E-state index contributed by atoms with van der Waals surface area (Å²) in [5.74, 6) is 0.196. The number of primary amides is 1. The van der Waals surface area contributed by atoms with Crippen LogP contribution in [0.15, 0.2) is 48.7 Å². The van der Waals surface area contributed by atoms with Gasteiger partial charge >= 0.3 is 6.03 Å². The molecule has 0 bridgehead atoms. The topological polar surface area (TPSA) is 77.7 Å². The highest BCUT2D eigenvalue weighted by atomic mass is 16.7. The molecule has 148 valence electrons. The van der Waals surface area contributed by atoms with Crippen LogP contribution < -0.4 is 10.5 Å². The van der Waals surface area contributed by atoms with Crippen LogP contribution >= 0.6 is 0 Å². The van der Waals surface area contributed by atoms with Gasteiger partial charge < -0.3 is 20.1 Å². The molecule has 0 aliphatic carbocycles. The van der Waals surface area contributed by atoms with Gasteiger partial charge in [0.1, 0.15) is 5.75 Å². The third-order valence-electron chi connectivity index (χ3n) is 5.98. The van der Waals surface area contributed by atoms with Gasteiger partial charge in [-0.15, -0.1) is 0 Å². The van der Waals surface area contributed by atoms with E-state index >= 15 is 0 Å². The number of amides is 2. The SMILES string of the molecule is Cc1nccc2cc(-c3ccc4c(c3)COC3(CCN(C(N)=O)CC3)O4)ccc12. The molecule has 3 heterocycles. The number of pyridine rings is 1. The maximum Gasteiger partial charge on any atom is 0.314 e. The van der Waals surface area contributed by atoms with Gasteiger partial charge in [-0.05, 0) is 47.7 Å². The third kappa shape index (κ3) is 3.19. The summed E-state index contributed by atoms with van der Waals surface area (Å²) in [4.78, 5) is 17.4. The lowest BCUT2D eigenvalue weighted by Gasteiger charge is -2.43. The Morgan fingerprint density at radius 1 is 1.10 bits per heavy atom. The first-order chi connectivity index (χ1) is 14.0. The number of benzene rings is 2. The number of carbonyl (C=O) groups excluding carboxylic acids is 1. The van der Waals surface area contributed by atoms with Crippen LogP contribution in [0, 0.1) is 6.92 Å². The van der Waals surface area contributed by atoms with E-state index in [9.17, 15) is 4.79 Å². The first-order valence-electron chi connectivity index (χ1n) is 9.89. The van der Waals surface area contributed by atoms with Crippen molar-refractivity contribution < 1.29 is 14.3 Å². The lowest BCUT2D eigenvalue weighted by Crippen LogP contribution is -2.53. The maximum absolute atomic E-state index is 11.4. The Balaban J connectivity index is 1.40. The average molecular weight is 389 g/mol. The quantitative estimate of drug-likeness (QED) is 0.683. The smallest absolute Gasteiger partial charge is 0.314 e. The Bertz CT molecular complexity index is 1100. The Morgan fingerprint density at radius 2 is 1.86 bits per heavy atom. The van der Waals surface area contributed by atoms with Crippen molar-refractivity contribution in [2.75, 3.05) is 13.1 Å². The zero-order chi connectivity index (χ0) is 20.0. The largest absolute Gasteiger partial charge is 0.462 e. The highest BCUT2D eigenvalue weighted by Crippen LogP contribution is 2.39. The summed E-state index contributed by atoms with van der Waals surface area (Å²) in [5.41, 5.74) is 9.74. The molecule has 1 aromatic heterocycles. The molecular weight excluding hydrogens is 366 g/mol. The first-order valence-corrected chi connectivity index (χ1v) is 9.89. The number of piperidine rings is 1. The van der Waals surface area contributed by atoms with Crippen molar-refractivity contribution in [1.82, 2.24) is 9.88 Å². The van der Waals surface area contributed by atoms with Crippen molar-refractivity contribution >= 4 is 16.8 Å². The Hall–Kier alpha value is -3.12. The van der Waals surface area contributed by atoms with E-state index in [2.05, 4.69) is 35.3 Å². The van der Waals surface area contributed by atoms with E-state index in [1.54, 1.807) is 4.90 Å². The van der Waals surface area contributed by atoms with Crippen LogP contribution in [-0.4, -0.2) is 34.8 Å². The lowest BCUT2D eigenvalue weighted by atomic mass is 9.97. The summed E-state index contributed by atoms with van der Waals surface area (Å²) in [7, 11) is 0. The molecule has 1 spiro atoms. The van der Waals surface area contributed by atoms with E-state index in [0.717, 1.165) is 28.1 Å². The van der Waals surface area contributed by atoms with Crippen molar-refractivity contribution in [2.45, 2.75) is 32.2 Å². The second kappa shape index (κ2) is 6.74. The van der Waals surface area contributed by atoms with Gasteiger partial charge in [-0.1, -0.05) is 18.2 Å². The van der Waals surface area contributed by atoms with Crippen LogP contribution in [0.1, 0.15) is 24.1 Å². The van der Waals surface area contributed by atoms with Gasteiger partial charge in [0.25, 0.3) is 0 Å². The Morgan fingerprint density at radius 3 is 2.66 bits per heavy atom. The Labute approximate surface area is 169 Å². The van der Waals surface area contributed by atoms with Crippen LogP contribution in [0.25, 0.3) is 21.9 Å². The number of likely N-dealkylation sites (tertiary alicyclic amines) is 1. The van der Waals surface area contributed by atoms with E-state index in [4.69, 9.17) is 15.2 Å². The monoisotopic (exact) mass is 389 g/mol. The van der Waals surface area contributed by atoms with E-state index in [-0.39, 0.29) is 6.03 Å². The molecule has 0 saturated carbocycles. The standard InChI is InChI=1S/C23H23N3O3/c1-15-20-4-2-16(12-18(20)6-9-25-15)17-3-5-21-19(13-17)14-28-23(29-21)7-10-26(11-8-23)22(24)27/h2-6,9,12-13H,7-8,10-11,14H2,1H3,(H2,24,27). The predicted molar refractivity (Wildman–Crippen MR) is 110 cm³/mol. The summed E-state index contributed by atoms with van der Waals surface area (Å²) >= 11 is 0. The lowest BCUT2D eigenvalue weighted by molar-refractivity contribution is -0.225. The number of carbonyl (C=O) groups is 1. The minimum atomic E-state index is -0.659. The minimum absolute atomic E-state index is 0.387. The number of ether oxygens (including phenoxy) is 2. The van der Waals surface area contributed by atoms with Crippen LogP contribution in [0.3, 0.4) is 0 Å². The number of hydrogen-bond acceptors (Lipinski definition) is 4. The number of fused-ring (bicyclic) bond motifs is 2. The molecule has 6 nitrogen and oxygen atoms in total.